The van der Waals surface area contributed by atoms with Crippen LogP contribution in [0.2, 0.25) is 5.02 Å². The Hall–Kier alpha value is -2.95. The summed E-state index contributed by atoms with van der Waals surface area (Å²) < 4.78 is 31.8. The maximum absolute atomic E-state index is 12.9. The molecule has 0 radical (unpaired) electrons. The molecule has 0 aromatic heterocycles. The minimum atomic E-state index is -3.92. The van der Waals surface area contributed by atoms with E-state index in [9.17, 15) is 22.8 Å². The second kappa shape index (κ2) is 9.90. The van der Waals surface area contributed by atoms with E-state index in [4.69, 9.17) is 16.3 Å². The molecule has 11 heteroatoms. The highest BCUT2D eigenvalue weighted by Crippen LogP contribution is 2.27. The van der Waals surface area contributed by atoms with E-state index in [-0.39, 0.29) is 17.9 Å². The second-order valence-corrected chi connectivity index (χ2v) is 9.03. The SMILES string of the molecule is O=C(COC(=O)C1CCCN1S(=O)(=O)c1ccc(Cl)cc1)NNC(=O)c1ccccc1. The van der Waals surface area contributed by atoms with Crippen molar-refractivity contribution in [3.05, 3.63) is 65.2 Å². The van der Waals surface area contributed by atoms with Crippen LogP contribution >= 0.6 is 11.6 Å². The molecule has 0 aliphatic carbocycles. The number of nitrogens with zero attached hydrogens (tertiary/aromatic N) is 1. The van der Waals surface area contributed by atoms with Gasteiger partial charge in [-0.3, -0.25) is 25.2 Å². The Kier molecular flexibility index (Phi) is 7.26. The topological polar surface area (TPSA) is 122 Å². The molecular weight excluding hydrogens is 446 g/mol. The first-order valence-corrected chi connectivity index (χ1v) is 11.2. The smallest absolute Gasteiger partial charge is 0.324 e. The quantitative estimate of drug-likeness (QED) is 0.492. The number of carbonyl (C=O) groups excluding carboxylic acids is 3. The third kappa shape index (κ3) is 5.60. The van der Waals surface area contributed by atoms with Crippen molar-refractivity contribution in [2.24, 2.45) is 0 Å². The number of esters is 1. The second-order valence-electron chi connectivity index (χ2n) is 6.70. The number of nitrogens with one attached hydrogen (secondary N) is 2. The molecule has 2 aromatic rings. The van der Waals surface area contributed by atoms with Crippen molar-refractivity contribution in [2.75, 3.05) is 13.2 Å². The van der Waals surface area contributed by atoms with Gasteiger partial charge in [0, 0.05) is 17.1 Å². The van der Waals surface area contributed by atoms with Crippen LogP contribution < -0.4 is 10.9 Å². The third-order valence-electron chi connectivity index (χ3n) is 4.59. The molecule has 0 saturated carbocycles. The summed E-state index contributed by atoms with van der Waals surface area (Å²) in [6, 6.07) is 12.8. The van der Waals surface area contributed by atoms with E-state index in [1.54, 1.807) is 30.3 Å². The number of ether oxygens (including phenoxy) is 1. The van der Waals surface area contributed by atoms with Gasteiger partial charge in [0.2, 0.25) is 10.0 Å². The molecule has 1 aliphatic rings. The first-order chi connectivity index (χ1) is 14.8. The highest BCUT2D eigenvalue weighted by molar-refractivity contribution is 7.89. The zero-order valence-electron chi connectivity index (χ0n) is 16.3. The van der Waals surface area contributed by atoms with E-state index < -0.39 is 40.5 Å². The number of halogens is 1. The number of benzene rings is 2. The van der Waals surface area contributed by atoms with Gasteiger partial charge in [0.05, 0.1) is 4.90 Å². The van der Waals surface area contributed by atoms with Crippen molar-refractivity contribution in [1.29, 1.82) is 0 Å². The summed E-state index contributed by atoms with van der Waals surface area (Å²) in [5.41, 5.74) is 4.69. The van der Waals surface area contributed by atoms with Crippen LogP contribution in [0.3, 0.4) is 0 Å². The Morgan fingerprint density at radius 1 is 1.03 bits per heavy atom. The van der Waals surface area contributed by atoms with Gasteiger partial charge in [0.25, 0.3) is 11.8 Å². The molecule has 9 nitrogen and oxygen atoms in total. The van der Waals surface area contributed by atoms with Gasteiger partial charge < -0.3 is 4.74 Å². The number of amides is 2. The van der Waals surface area contributed by atoms with Crippen LogP contribution in [0.25, 0.3) is 0 Å². The van der Waals surface area contributed by atoms with Crippen molar-refractivity contribution >= 4 is 39.4 Å². The predicted octanol–water partition coefficient (Wildman–Crippen LogP) is 1.50. The number of hydrogen-bond donors (Lipinski definition) is 2. The summed E-state index contributed by atoms with van der Waals surface area (Å²) in [6.45, 7) is -0.511. The molecule has 1 fully saturated rings. The van der Waals surface area contributed by atoms with Gasteiger partial charge >= 0.3 is 5.97 Å². The normalized spacial score (nSPS) is 16.5. The van der Waals surface area contributed by atoms with E-state index in [2.05, 4.69) is 10.9 Å². The number of hydrogen-bond acceptors (Lipinski definition) is 6. The predicted molar refractivity (Wildman–Crippen MR) is 111 cm³/mol. The van der Waals surface area contributed by atoms with Gasteiger partial charge in [-0.25, -0.2) is 8.42 Å². The minimum absolute atomic E-state index is 0.0120. The molecule has 2 aromatic carbocycles. The number of sulfonamides is 1. The Morgan fingerprint density at radius 2 is 1.71 bits per heavy atom. The number of carbonyl (C=O) groups is 3. The molecule has 2 amide bonds. The summed E-state index contributed by atoms with van der Waals surface area (Å²) in [5.74, 6) is -2.13. The van der Waals surface area contributed by atoms with Crippen molar-refractivity contribution in [3.8, 4) is 0 Å². The fourth-order valence-electron chi connectivity index (χ4n) is 3.06. The highest BCUT2D eigenvalue weighted by Gasteiger charge is 2.40. The maximum atomic E-state index is 12.9. The Bertz CT molecular complexity index is 1060. The third-order valence-corrected chi connectivity index (χ3v) is 6.77. The van der Waals surface area contributed by atoms with Crippen molar-refractivity contribution < 1.29 is 27.5 Å². The fraction of sp³-hybridized carbons (Fsp3) is 0.250. The summed E-state index contributed by atoms with van der Waals surface area (Å²) in [5, 5.41) is 0.390. The van der Waals surface area contributed by atoms with Gasteiger partial charge in [-0.2, -0.15) is 4.31 Å². The van der Waals surface area contributed by atoms with Gasteiger partial charge in [-0.05, 0) is 49.2 Å². The summed E-state index contributed by atoms with van der Waals surface area (Å²) in [7, 11) is -3.92. The first kappa shape index (κ1) is 22.7. The van der Waals surface area contributed by atoms with E-state index in [0.717, 1.165) is 4.31 Å². The van der Waals surface area contributed by atoms with Crippen LogP contribution in [-0.2, 0) is 24.3 Å². The van der Waals surface area contributed by atoms with E-state index in [0.29, 0.717) is 17.0 Å². The van der Waals surface area contributed by atoms with Crippen molar-refractivity contribution in [3.63, 3.8) is 0 Å². The first-order valence-electron chi connectivity index (χ1n) is 9.37. The van der Waals surface area contributed by atoms with E-state index in [1.807, 2.05) is 0 Å². The molecular formula is C20H20ClN3O6S. The summed E-state index contributed by atoms with van der Waals surface area (Å²) in [6.07, 6.45) is 0.754. The van der Waals surface area contributed by atoms with Crippen LogP contribution in [0.15, 0.2) is 59.5 Å². The van der Waals surface area contributed by atoms with Gasteiger partial charge in [0.15, 0.2) is 6.61 Å². The Morgan fingerprint density at radius 3 is 2.39 bits per heavy atom. The molecule has 1 unspecified atom stereocenters. The van der Waals surface area contributed by atoms with Crippen molar-refractivity contribution in [2.45, 2.75) is 23.8 Å². The van der Waals surface area contributed by atoms with E-state index >= 15 is 0 Å². The van der Waals surface area contributed by atoms with Gasteiger partial charge in [-0.1, -0.05) is 29.8 Å². The standard InChI is InChI=1S/C20H20ClN3O6S/c21-15-8-10-16(11-9-15)31(28,29)24-12-4-7-17(24)20(27)30-13-18(25)22-23-19(26)14-5-2-1-3-6-14/h1-3,5-6,8-11,17H,4,7,12-13H2,(H,22,25)(H,23,26). The van der Waals surface area contributed by atoms with Crippen LogP contribution in [0.1, 0.15) is 23.2 Å². The largest absolute Gasteiger partial charge is 0.454 e. The number of hydrazine groups is 1. The summed E-state index contributed by atoms with van der Waals surface area (Å²) in [4.78, 5) is 36.2. The van der Waals surface area contributed by atoms with E-state index in [1.165, 1.54) is 24.3 Å². The molecule has 1 atom stereocenters. The lowest BCUT2D eigenvalue weighted by Gasteiger charge is -2.22. The molecule has 3 rings (SSSR count). The molecule has 31 heavy (non-hydrogen) atoms. The molecule has 164 valence electrons. The van der Waals surface area contributed by atoms with Crippen molar-refractivity contribution in [1.82, 2.24) is 15.2 Å². The van der Waals surface area contributed by atoms with Crippen LogP contribution in [0.5, 0.6) is 0 Å². The highest BCUT2D eigenvalue weighted by atomic mass is 35.5. The van der Waals surface area contributed by atoms with Gasteiger partial charge in [0.1, 0.15) is 6.04 Å². The zero-order valence-corrected chi connectivity index (χ0v) is 17.9. The lowest BCUT2D eigenvalue weighted by molar-refractivity contribution is -0.151. The molecule has 2 N–H and O–H groups in total. The Balaban J connectivity index is 1.54. The molecule has 1 saturated heterocycles. The molecule has 0 spiro atoms. The number of rotatable bonds is 6. The Labute approximate surface area is 184 Å². The average Bonchev–Trinajstić information content (AvgIpc) is 3.28. The molecule has 1 aliphatic heterocycles. The van der Waals surface area contributed by atoms with Crippen LogP contribution in [-0.4, -0.2) is 49.7 Å². The maximum Gasteiger partial charge on any atom is 0.324 e. The van der Waals surface area contributed by atoms with Gasteiger partial charge in [-0.15, -0.1) is 0 Å². The van der Waals surface area contributed by atoms with Crippen LogP contribution in [0.4, 0.5) is 0 Å². The molecule has 1 heterocycles. The van der Waals surface area contributed by atoms with Crippen LogP contribution in [0, 0.1) is 0 Å². The summed E-state index contributed by atoms with van der Waals surface area (Å²) >= 11 is 5.80. The molecule has 0 bridgehead atoms. The fourth-order valence-corrected chi connectivity index (χ4v) is 4.84. The average molecular weight is 466 g/mol. The lowest BCUT2D eigenvalue weighted by Crippen LogP contribution is -2.45. The lowest BCUT2D eigenvalue weighted by atomic mass is 10.2. The minimum Gasteiger partial charge on any atom is -0.454 e. The zero-order chi connectivity index (χ0) is 22.4. The monoisotopic (exact) mass is 465 g/mol.